The van der Waals surface area contributed by atoms with Crippen molar-refractivity contribution in [2.24, 2.45) is 0 Å². The van der Waals surface area contributed by atoms with Crippen molar-refractivity contribution in [3.8, 4) is 5.75 Å². The highest BCUT2D eigenvalue weighted by Crippen LogP contribution is 2.22. The monoisotopic (exact) mass is 315 g/mol. The van der Waals surface area contributed by atoms with Gasteiger partial charge in [0.2, 0.25) is 0 Å². The number of nitrogens with zero attached hydrogens (tertiary/aromatic N) is 1. The first-order chi connectivity index (χ1) is 8.41. The number of benzene rings is 1. The van der Waals surface area contributed by atoms with E-state index in [-0.39, 0.29) is 23.3 Å². The SMILES string of the molecule is CC(C)OCCN(C)C(=O)c1cc(Br)ccc1O. The van der Waals surface area contributed by atoms with Gasteiger partial charge in [-0.2, -0.15) is 0 Å². The van der Waals surface area contributed by atoms with Crippen LogP contribution in [0, 0.1) is 0 Å². The van der Waals surface area contributed by atoms with E-state index in [0.717, 1.165) is 4.47 Å². The fraction of sp³-hybridized carbons (Fsp3) is 0.462. The van der Waals surface area contributed by atoms with Crippen LogP contribution < -0.4 is 0 Å². The standard InChI is InChI=1S/C13H18BrNO3/c1-9(2)18-7-6-15(3)13(17)11-8-10(14)4-5-12(11)16/h4-5,8-9,16H,6-7H2,1-3H3. The third kappa shape index (κ3) is 4.31. The van der Waals surface area contributed by atoms with Crippen LogP contribution in [0.5, 0.6) is 5.75 Å². The van der Waals surface area contributed by atoms with Crippen molar-refractivity contribution in [2.45, 2.75) is 20.0 Å². The van der Waals surface area contributed by atoms with Crippen molar-refractivity contribution in [3.05, 3.63) is 28.2 Å². The Labute approximate surface area is 116 Å². The van der Waals surface area contributed by atoms with Crippen LogP contribution in [0.2, 0.25) is 0 Å². The van der Waals surface area contributed by atoms with Crippen molar-refractivity contribution in [1.29, 1.82) is 0 Å². The van der Waals surface area contributed by atoms with E-state index in [1.807, 2.05) is 13.8 Å². The number of carbonyl (C=O) groups excluding carboxylic acids is 1. The molecule has 0 aliphatic carbocycles. The number of rotatable bonds is 5. The molecule has 0 bridgehead atoms. The van der Waals surface area contributed by atoms with E-state index in [1.54, 1.807) is 19.2 Å². The zero-order chi connectivity index (χ0) is 13.7. The first kappa shape index (κ1) is 15.0. The van der Waals surface area contributed by atoms with Gasteiger partial charge in [0.05, 0.1) is 18.3 Å². The van der Waals surface area contributed by atoms with Gasteiger partial charge >= 0.3 is 0 Å². The summed E-state index contributed by atoms with van der Waals surface area (Å²) in [6.45, 7) is 4.86. The maximum Gasteiger partial charge on any atom is 0.257 e. The van der Waals surface area contributed by atoms with Crippen molar-refractivity contribution in [3.63, 3.8) is 0 Å². The molecule has 100 valence electrons. The lowest BCUT2D eigenvalue weighted by Gasteiger charge is -2.18. The molecule has 0 spiro atoms. The van der Waals surface area contributed by atoms with Gasteiger partial charge in [-0.05, 0) is 32.0 Å². The number of hydrogen-bond acceptors (Lipinski definition) is 3. The molecule has 1 amide bonds. The summed E-state index contributed by atoms with van der Waals surface area (Å²) in [5, 5.41) is 9.67. The van der Waals surface area contributed by atoms with E-state index in [1.165, 1.54) is 11.0 Å². The second kappa shape index (κ2) is 6.75. The maximum absolute atomic E-state index is 12.1. The average Bonchev–Trinajstić information content (AvgIpc) is 2.30. The van der Waals surface area contributed by atoms with Gasteiger partial charge in [-0.3, -0.25) is 4.79 Å². The second-order valence-corrected chi connectivity index (χ2v) is 5.22. The molecule has 1 N–H and O–H groups in total. The minimum Gasteiger partial charge on any atom is -0.507 e. The van der Waals surface area contributed by atoms with Crippen LogP contribution in [0.25, 0.3) is 0 Å². The highest BCUT2D eigenvalue weighted by atomic mass is 79.9. The summed E-state index contributed by atoms with van der Waals surface area (Å²) in [4.78, 5) is 13.6. The van der Waals surface area contributed by atoms with E-state index in [2.05, 4.69) is 15.9 Å². The van der Waals surface area contributed by atoms with Gasteiger partial charge < -0.3 is 14.7 Å². The number of aromatic hydroxyl groups is 1. The number of amides is 1. The molecule has 1 aromatic carbocycles. The van der Waals surface area contributed by atoms with Crippen LogP contribution in [-0.2, 0) is 4.74 Å². The Bertz CT molecular complexity index is 421. The van der Waals surface area contributed by atoms with Gasteiger partial charge in [-0.15, -0.1) is 0 Å². The average molecular weight is 316 g/mol. The third-order valence-electron chi connectivity index (χ3n) is 2.41. The van der Waals surface area contributed by atoms with Gasteiger partial charge in [-0.1, -0.05) is 15.9 Å². The van der Waals surface area contributed by atoms with E-state index in [9.17, 15) is 9.90 Å². The fourth-order valence-corrected chi connectivity index (χ4v) is 1.77. The lowest BCUT2D eigenvalue weighted by molar-refractivity contribution is 0.0530. The number of hydrogen-bond donors (Lipinski definition) is 1. The molecule has 0 aliphatic heterocycles. The highest BCUT2D eigenvalue weighted by molar-refractivity contribution is 9.10. The number of likely N-dealkylation sites (N-methyl/N-ethyl adjacent to an activating group) is 1. The Morgan fingerprint density at radius 2 is 2.17 bits per heavy atom. The fourth-order valence-electron chi connectivity index (χ4n) is 1.41. The molecule has 0 heterocycles. The Hall–Kier alpha value is -1.07. The van der Waals surface area contributed by atoms with Crippen LogP contribution in [0.3, 0.4) is 0 Å². The third-order valence-corrected chi connectivity index (χ3v) is 2.91. The first-order valence-electron chi connectivity index (χ1n) is 5.77. The van der Waals surface area contributed by atoms with E-state index >= 15 is 0 Å². The molecule has 0 atom stereocenters. The van der Waals surface area contributed by atoms with Gasteiger partial charge in [0.15, 0.2) is 0 Å². The summed E-state index contributed by atoms with van der Waals surface area (Å²) in [6, 6.07) is 4.79. The number of ether oxygens (including phenoxy) is 1. The lowest BCUT2D eigenvalue weighted by Crippen LogP contribution is -2.30. The highest BCUT2D eigenvalue weighted by Gasteiger charge is 2.16. The van der Waals surface area contributed by atoms with Crippen molar-refractivity contribution >= 4 is 21.8 Å². The topological polar surface area (TPSA) is 49.8 Å². The largest absolute Gasteiger partial charge is 0.507 e. The molecule has 0 saturated carbocycles. The van der Waals surface area contributed by atoms with E-state index < -0.39 is 0 Å². The molecule has 18 heavy (non-hydrogen) atoms. The zero-order valence-electron chi connectivity index (χ0n) is 10.8. The molecule has 0 fully saturated rings. The number of halogens is 1. The van der Waals surface area contributed by atoms with Crippen molar-refractivity contribution < 1.29 is 14.6 Å². The molecule has 5 heteroatoms. The molecular weight excluding hydrogens is 298 g/mol. The summed E-state index contributed by atoms with van der Waals surface area (Å²) in [7, 11) is 1.69. The zero-order valence-corrected chi connectivity index (χ0v) is 12.4. The molecule has 0 saturated heterocycles. The van der Waals surface area contributed by atoms with Crippen LogP contribution in [0.4, 0.5) is 0 Å². The summed E-state index contributed by atoms with van der Waals surface area (Å²) in [5.41, 5.74) is 0.288. The molecule has 0 aliphatic rings. The molecule has 1 rings (SSSR count). The minimum atomic E-state index is -0.221. The smallest absolute Gasteiger partial charge is 0.257 e. The molecule has 4 nitrogen and oxygen atoms in total. The quantitative estimate of drug-likeness (QED) is 0.908. The Morgan fingerprint density at radius 1 is 1.50 bits per heavy atom. The molecular formula is C13H18BrNO3. The molecule has 0 aromatic heterocycles. The first-order valence-corrected chi connectivity index (χ1v) is 6.56. The second-order valence-electron chi connectivity index (χ2n) is 4.31. The predicted octanol–water partition coefficient (Wildman–Crippen LogP) is 2.65. The number of phenols is 1. The Balaban J connectivity index is 2.65. The van der Waals surface area contributed by atoms with Gasteiger partial charge in [-0.25, -0.2) is 0 Å². The Kier molecular flexibility index (Phi) is 5.62. The normalized spacial score (nSPS) is 10.7. The van der Waals surface area contributed by atoms with Gasteiger partial charge in [0.25, 0.3) is 5.91 Å². The van der Waals surface area contributed by atoms with Crippen LogP contribution in [0.15, 0.2) is 22.7 Å². The predicted molar refractivity (Wildman–Crippen MR) is 73.9 cm³/mol. The lowest BCUT2D eigenvalue weighted by atomic mass is 10.2. The summed E-state index contributed by atoms with van der Waals surface area (Å²) < 4.78 is 6.15. The van der Waals surface area contributed by atoms with Crippen LogP contribution >= 0.6 is 15.9 Å². The van der Waals surface area contributed by atoms with Gasteiger partial charge in [0.1, 0.15) is 5.75 Å². The molecule has 1 aromatic rings. The van der Waals surface area contributed by atoms with Crippen LogP contribution in [-0.4, -0.2) is 42.2 Å². The summed E-state index contributed by atoms with van der Waals surface area (Å²) >= 11 is 3.28. The van der Waals surface area contributed by atoms with E-state index in [0.29, 0.717) is 13.2 Å². The Morgan fingerprint density at radius 3 is 2.78 bits per heavy atom. The molecule has 0 radical (unpaired) electrons. The number of carbonyl (C=O) groups is 1. The summed E-state index contributed by atoms with van der Waals surface area (Å²) in [6.07, 6.45) is 0.146. The van der Waals surface area contributed by atoms with E-state index in [4.69, 9.17) is 4.74 Å². The van der Waals surface area contributed by atoms with Gasteiger partial charge in [0, 0.05) is 18.1 Å². The maximum atomic E-state index is 12.1. The molecule has 0 unspecified atom stereocenters. The minimum absolute atomic E-state index is 0.0140. The van der Waals surface area contributed by atoms with Crippen LogP contribution in [0.1, 0.15) is 24.2 Å². The van der Waals surface area contributed by atoms with Crippen molar-refractivity contribution in [2.75, 3.05) is 20.2 Å². The number of phenolic OH excluding ortho intramolecular Hbond substituents is 1. The summed E-state index contributed by atoms with van der Waals surface area (Å²) in [5.74, 6) is -0.235. The van der Waals surface area contributed by atoms with Crippen molar-refractivity contribution in [1.82, 2.24) is 4.90 Å².